The molecule has 0 spiro atoms. The zero-order chi connectivity index (χ0) is 13.3. The lowest BCUT2D eigenvalue weighted by atomic mass is 9.90. The largest absolute Gasteiger partial charge is 0.573 e. The number of ether oxygens (including phenoxy) is 1. The second-order valence-electron chi connectivity index (χ2n) is 4.52. The lowest BCUT2D eigenvalue weighted by Crippen LogP contribution is -2.17. The van der Waals surface area contributed by atoms with Gasteiger partial charge in [0.1, 0.15) is 11.5 Å². The quantitative estimate of drug-likeness (QED) is 0.809. The molecular formula is C13H13F3O2. The van der Waals surface area contributed by atoms with E-state index >= 15 is 0 Å². The van der Waals surface area contributed by atoms with Gasteiger partial charge in [0.05, 0.1) is 0 Å². The van der Waals surface area contributed by atoms with Gasteiger partial charge in [0.2, 0.25) is 0 Å². The van der Waals surface area contributed by atoms with E-state index in [0.29, 0.717) is 12.8 Å². The van der Waals surface area contributed by atoms with Crippen LogP contribution in [0.3, 0.4) is 0 Å². The van der Waals surface area contributed by atoms with Crippen LogP contribution in [-0.4, -0.2) is 12.1 Å². The Bertz CT molecular complexity index is 454. The Kier molecular flexibility index (Phi) is 3.32. The van der Waals surface area contributed by atoms with Gasteiger partial charge in [-0.15, -0.1) is 13.2 Å². The lowest BCUT2D eigenvalue weighted by molar-refractivity contribution is -0.274. The standard InChI is InChI=1S/C13H13F3O2/c1-8-11(5-6-12(8)17)9-3-2-4-10(7-9)18-13(14,15)16/h2-4,7-8,11H,5-6H2,1H3. The van der Waals surface area contributed by atoms with Crippen molar-refractivity contribution in [2.24, 2.45) is 5.92 Å². The molecule has 1 aliphatic rings. The van der Waals surface area contributed by atoms with Gasteiger partial charge < -0.3 is 4.74 Å². The maximum Gasteiger partial charge on any atom is 0.573 e. The zero-order valence-corrected chi connectivity index (χ0v) is 9.83. The van der Waals surface area contributed by atoms with Gasteiger partial charge in [-0.2, -0.15) is 0 Å². The van der Waals surface area contributed by atoms with E-state index in [2.05, 4.69) is 4.74 Å². The maximum atomic E-state index is 12.1. The van der Waals surface area contributed by atoms with Crippen LogP contribution in [0.15, 0.2) is 24.3 Å². The Morgan fingerprint density at radius 2 is 2.06 bits per heavy atom. The average Bonchev–Trinajstić information content (AvgIpc) is 2.58. The maximum absolute atomic E-state index is 12.1. The lowest BCUT2D eigenvalue weighted by Gasteiger charge is -2.16. The van der Waals surface area contributed by atoms with Gasteiger partial charge in [-0.25, -0.2) is 0 Å². The molecule has 1 saturated carbocycles. The van der Waals surface area contributed by atoms with Gasteiger partial charge in [-0.1, -0.05) is 19.1 Å². The molecule has 0 N–H and O–H groups in total. The summed E-state index contributed by atoms with van der Waals surface area (Å²) in [5.41, 5.74) is 0.732. The molecule has 0 aromatic heterocycles. The molecule has 18 heavy (non-hydrogen) atoms. The SMILES string of the molecule is CC1C(=O)CCC1c1cccc(OC(F)(F)F)c1. The van der Waals surface area contributed by atoms with E-state index in [1.54, 1.807) is 6.07 Å². The third kappa shape index (κ3) is 2.83. The Balaban J connectivity index is 2.20. The minimum absolute atomic E-state index is 0.00529. The summed E-state index contributed by atoms with van der Waals surface area (Å²) in [6, 6.07) is 5.89. The van der Waals surface area contributed by atoms with E-state index < -0.39 is 6.36 Å². The van der Waals surface area contributed by atoms with Gasteiger partial charge >= 0.3 is 6.36 Å². The third-order valence-corrected chi connectivity index (χ3v) is 3.33. The van der Waals surface area contributed by atoms with Crippen molar-refractivity contribution >= 4 is 5.78 Å². The molecule has 5 heteroatoms. The Morgan fingerprint density at radius 1 is 1.33 bits per heavy atom. The highest BCUT2D eigenvalue weighted by atomic mass is 19.4. The van der Waals surface area contributed by atoms with Crippen molar-refractivity contribution in [3.8, 4) is 5.75 Å². The van der Waals surface area contributed by atoms with E-state index in [1.807, 2.05) is 6.92 Å². The summed E-state index contributed by atoms with van der Waals surface area (Å²) in [6.07, 6.45) is -3.50. The summed E-state index contributed by atoms with van der Waals surface area (Å²) in [5, 5.41) is 0. The number of alkyl halides is 3. The predicted octanol–water partition coefficient (Wildman–Crippen LogP) is 3.67. The molecule has 1 aliphatic carbocycles. The number of carbonyl (C=O) groups excluding carboxylic acids is 1. The second kappa shape index (κ2) is 4.63. The molecule has 0 amide bonds. The molecule has 0 heterocycles. The predicted molar refractivity (Wildman–Crippen MR) is 59.3 cm³/mol. The number of carbonyl (C=O) groups is 1. The Morgan fingerprint density at radius 3 is 2.61 bits per heavy atom. The minimum atomic E-state index is -4.68. The van der Waals surface area contributed by atoms with E-state index in [0.717, 1.165) is 5.56 Å². The molecule has 2 rings (SSSR count). The van der Waals surface area contributed by atoms with Crippen LogP contribution in [0.25, 0.3) is 0 Å². The first kappa shape index (κ1) is 12.9. The van der Waals surface area contributed by atoms with Crippen molar-refractivity contribution in [1.82, 2.24) is 0 Å². The highest BCUT2D eigenvalue weighted by Gasteiger charge is 2.34. The molecule has 2 nitrogen and oxygen atoms in total. The number of hydrogen-bond acceptors (Lipinski definition) is 2. The number of Topliss-reactive ketones (excluding diaryl/α,β-unsaturated/α-hetero) is 1. The number of benzene rings is 1. The van der Waals surface area contributed by atoms with Crippen LogP contribution in [0.1, 0.15) is 31.2 Å². The van der Waals surface area contributed by atoms with Crippen molar-refractivity contribution < 1.29 is 22.7 Å². The molecule has 1 aromatic rings. The number of ketones is 1. The molecular weight excluding hydrogens is 245 g/mol. The van der Waals surface area contributed by atoms with Crippen LogP contribution in [-0.2, 0) is 4.79 Å². The Labute approximate surface area is 103 Å². The summed E-state index contributed by atoms with van der Waals surface area (Å²) >= 11 is 0. The van der Waals surface area contributed by atoms with E-state index in [1.165, 1.54) is 18.2 Å². The topological polar surface area (TPSA) is 26.3 Å². The summed E-state index contributed by atoms with van der Waals surface area (Å²) < 4.78 is 40.2. The smallest absolute Gasteiger partial charge is 0.406 e. The molecule has 0 radical (unpaired) electrons. The summed E-state index contributed by atoms with van der Waals surface area (Å²) in [7, 11) is 0. The van der Waals surface area contributed by atoms with Crippen molar-refractivity contribution in [2.45, 2.75) is 32.0 Å². The summed E-state index contributed by atoms with van der Waals surface area (Å²) in [5.74, 6) is -0.200. The number of hydrogen-bond donors (Lipinski definition) is 0. The van der Waals surface area contributed by atoms with Gasteiger partial charge in [0.15, 0.2) is 0 Å². The molecule has 2 unspecified atom stereocenters. The third-order valence-electron chi connectivity index (χ3n) is 3.33. The van der Waals surface area contributed by atoms with Crippen LogP contribution in [0.2, 0.25) is 0 Å². The van der Waals surface area contributed by atoms with Crippen molar-refractivity contribution in [1.29, 1.82) is 0 Å². The van der Waals surface area contributed by atoms with Crippen molar-refractivity contribution in [3.05, 3.63) is 29.8 Å². The molecule has 1 aromatic carbocycles. The van der Waals surface area contributed by atoms with Crippen molar-refractivity contribution in [2.75, 3.05) is 0 Å². The number of halogens is 3. The monoisotopic (exact) mass is 258 g/mol. The van der Waals surface area contributed by atoms with Crippen LogP contribution in [0, 0.1) is 5.92 Å². The average molecular weight is 258 g/mol. The highest BCUT2D eigenvalue weighted by molar-refractivity contribution is 5.84. The normalized spacial score (nSPS) is 24.3. The van der Waals surface area contributed by atoms with Crippen LogP contribution < -0.4 is 4.74 Å². The first-order valence-corrected chi connectivity index (χ1v) is 5.75. The molecule has 2 atom stereocenters. The molecule has 0 aliphatic heterocycles. The summed E-state index contributed by atoms with van der Waals surface area (Å²) in [4.78, 5) is 11.5. The fourth-order valence-electron chi connectivity index (χ4n) is 2.40. The van der Waals surface area contributed by atoms with Crippen molar-refractivity contribution in [3.63, 3.8) is 0 Å². The number of rotatable bonds is 2. The van der Waals surface area contributed by atoms with Crippen LogP contribution in [0.4, 0.5) is 13.2 Å². The fourth-order valence-corrected chi connectivity index (χ4v) is 2.40. The second-order valence-corrected chi connectivity index (χ2v) is 4.52. The van der Waals surface area contributed by atoms with Gasteiger partial charge in [0.25, 0.3) is 0 Å². The van der Waals surface area contributed by atoms with Gasteiger partial charge in [0, 0.05) is 12.3 Å². The molecule has 0 bridgehead atoms. The summed E-state index contributed by atoms with van der Waals surface area (Å²) in [6.45, 7) is 1.82. The van der Waals surface area contributed by atoms with Crippen LogP contribution in [0.5, 0.6) is 5.75 Å². The first-order chi connectivity index (χ1) is 8.37. The Hall–Kier alpha value is -1.52. The van der Waals surface area contributed by atoms with E-state index in [4.69, 9.17) is 0 Å². The highest BCUT2D eigenvalue weighted by Crippen LogP contribution is 2.38. The fraction of sp³-hybridized carbons (Fsp3) is 0.462. The molecule has 1 fully saturated rings. The van der Waals surface area contributed by atoms with Crippen LogP contribution >= 0.6 is 0 Å². The molecule has 0 saturated heterocycles. The molecule has 98 valence electrons. The van der Waals surface area contributed by atoms with Gasteiger partial charge in [-0.3, -0.25) is 4.79 Å². The zero-order valence-electron chi connectivity index (χ0n) is 9.83. The van der Waals surface area contributed by atoms with E-state index in [-0.39, 0.29) is 23.4 Å². The first-order valence-electron chi connectivity index (χ1n) is 5.75. The van der Waals surface area contributed by atoms with Gasteiger partial charge in [-0.05, 0) is 30.0 Å². The van der Waals surface area contributed by atoms with E-state index in [9.17, 15) is 18.0 Å². The minimum Gasteiger partial charge on any atom is -0.406 e.